The van der Waals surface area contributed by atoms with E-state index in [0.29, 0.717) is 12.2 Å². The number of methoxy groups -OCH3 is 1. The van der Waals surface area contributed by atoms with Gasteiger partial charge in [-0.25, -0.2) is 4.90 Å². The Morgan fingerprint density at radius 3 is 2.71 bits per heavy atom. The molecule has 0 radical (unpaired) electrons. The van der Waals surface area contributed by atoms with Crippen LogP contribution in [0.5, 0.6) is 5.75 Å². The van der Waals surface area contributed by atoms with Crippen LogP contribution in [0.25, 0.3) is 10.9 Å². The molecule has 1 fully saturated rings. The number of imide groups is 1. The molecule has 6 heteroatoms. The minimum absolute atomic E-state index is 0.127. The number of rotatable bonds is 3. The van der Waals surface area contributed by atoms with Gasteiger partial charge in [-0.1, -0.05) is 18.2 Å². The lowest BCUT2D eigenvalue weighted by Crippen LogP contribution is -2.44. The minimum Gasteiger partial charge on any atom is -0.497 e. The van der Waals surface area contributed by atoms with E-state index >= 15 is 0 Å². The van der Waals surface area contributed by atoms with E-state index in [1.54, 1.807) is 19.2 Å². The fourth-order valence-electron chi connectivity index (χ4n) is 4.38. The monoisotopic (exact) mass is 375 g/mol. The molecule has 0 saturated carbocycles. The molecule has 142 valence electrons. The van der Waals surface area contributed by atoms with Crippen molar-refractivity contribution in [3.8, 4) is 5.75 Å². The number of hydrogen-bond donors (Lipinski definition) is 1. The van der Waals surface area contributed by atoms with Gasteiger partial charge in [0, 0.05) is 29.7 Å². The SMILES string of the molecule is COc1ccc2[nH]c3c(c2c1)CCN(C1CC(=O)N(c2ccccc2)C1=O)C3. The molecule has 0 aliphatic carbocycles. The van der Waals surface area contributed by atoms with Gasteiger partial charge >= 0.3 is 0 Å². The van der Waals surface area contributed by atoms with Crippen LogP contribution in [0.2, 0.25) is 0 Å². The summed E-state index contributed by atoms with van der Waals surface area (Å²) < 4.78 is 5.35. The molecule has 0 spiro atoms. The minimum atomic E-state index is -0.401. The van der Waals surface area contributed by atoms with Gasteiger partial charge in [-0.3, -0.25) is 14.5 Å². The standard InChI is InChI=1S/C22H21N3O3/c1-28-15-7-8-18-17(11-15)16-9-10-24(13-19(16)23-18)20-12-21(26)25(22(20)27)14-5-3-2-4-6-14/h2-8,11,20,23H,9-10,12-13H2,1H3. The summed E-state index contributed by atoms with van der Waals surface area (Å²) in [5.41, 5.74) is 4.12. The summed E-state index contributed by atoms with van der Waals surface area (Å²) in [4.78, 5) is 32.5. The van der Waals surface area contributed by atoms with Gasteiger partial charge in [-0.2, -0.15) is 0 Å². The van der Waals surface area contributed by atoms with E-state index in [2.05, 4.69) is 16.0 Å². The van der Waals surface area contributed by atoms with Crippen LogP contribution in [0.4, 0.5) is 5.69 Å². The van der Waals surface area contributed by atoms with Crippen LogP contribution >= 0.6 is 0 Å². The van der Waals surface area contributed by atoms with Crippen LogP contribution < -0.4 is 9.64 Å². The first-order valence-electron chi connectivity index (χ1n) is 9.49. The van der Waals surface area contributed by atoms with Crippen molar-refractivity contribution in [2.24, 2.45) is 0 Å². The van der Waals surface area contributed by atoms with E-state index < -0.39 is 6.04 Å². The number of carbonyl (C=O) groups is 2. The molecule has 3 heterocycles. The molecular weight excluding hydrogens is 354 g/mol. The van der Waals surface area contributed by atoms with Gasteiger partial charge in [0.05, 0.1) is 25.3 Å². The lowest BCUT2D eigenvalue weighted by Gasteiger charge is -2.30. The fourth-order valence-corrected chi connectivity index (χ4v) is 4.38. The first-order chi connectivity index (χ1) is 13.7. The zero-order chi connectivity index (χ0) is 19.3. The highest BCUT2D eigenvalue weighted by molar-refractivity contribution is 6.22. The number of carbonyl (C=O) groups excluding carboxylic acids is 2. The number of benzene rings is 2. The summed E-state index contributed by atoms with van der Waals surface area (Å²) in [6.45, 7) is 1.39. The Morgan fingerprint density at radius 1 is 1.11 bits per heavy atom. The second kappa shape index (κ2) is 6.49. The number of para-hydroxylation sites is 1. The molecular formula is C22H21N3O3. The van der Waals surface area contributed by atoms with Gasteiger partial charge in [0.25, 0.3) is 5.91 Å². The zero-order valence-corrected chi connectivity index (χ0v) is 15.6. The maximum Gasteiger partial charge on any atom is 0.251 e. The highest BCUT2D eigenvalue weighted by Crippen LogP contribution is 2.33. The van der Waals surface area contributed by atoms with E-state index in [1.807, 2.05) is 30.3 Å². The van der Waals surface area contributed by atoms with Crippen LogP contribution in [-0.2, 0) is 22.6 Å². The topological polar surface area (TPSA) is 65.6 Å². The molecule has 1 saturated heterocycles. The Morgan fingerprint density at radius 2 is 1.93 bits per heavy atom. The van der Waals surface area contributed by atoms with Crippen molar-refractivity contribution < 1.29 is 14.3 Å². The summed E-state index contributed by atoms with van der Waals surface area (Å²) in [6, 6.07) is 14.8. The maximum absolute atomic E-state index is 13.0. The van der Waals surface area contributed by atoms with E-state index in [1.165, 1.54) is 15.8 Å². The van der Waals surface area contributed by atoms with Gasteiger partial charge in [-0.15, -0.1) is 0 Å². The van der Waals surface area contributed by atoms with Crippen LogP contribution in [0.1, 0.15) is 17.7 Å². The normalized spacial score (nSPS) is 20.0. The van der Waals surface area contributed by atoms with E-state index in [-0.39, 0.29) is 18.2 Å². The predicted molar refractivity (Wildman–Crippen MR) is 106 cm³/mol. The molecule has 28 heavy (non-hydrogen) atoms. The Labute approximate surface area is 162 Å². The average Bonchev–Trinajstić information content (AvgIpc) is 3.24. The largest absolute Gasteiger partial charge is 0.497 e. The lowest BCUT2D eigenvalue weighted by atomic mass is 10.0. The molecule has 3 aromatic rings. The highest BCUT2D eigenvalue weighted by atomic mass is 16.5. The summed E-state index contributed by atoms with van der Waals surface area (Å²) >= 11 is 0. The summed E-state index contributed by atoms with van der Waals surface area (Å²) in [5, 5.41) is 1.17. The molecule has 2 aliphatic heterocycles. The quantitative estimate of drug-likeness (QED) is 0.715. The second-order valence-corrected chi connectivity index (χ2v) is 7.34. The molecule has 2 amide bonds. The number of hydrogen-bond acceptors (Lipinski definition) is 4. The highest BCUT2D eigenvalue weighted by Gasteiger charge is 2.43. The number of fused-ring (bicyclic) bond motifs is 3. The van der Waals surface area contributed by atoms with Crippen molar-refractivity contribution in [2.45, 2.75) is 25.4 Å². The predicted octanol–water partition coefficient (Wildman–Crippen LogP) is 2.87. The molecule has 2 aliphatic rings. The van der Waals surface area contributed by atoms with Crippen molar-refractivity contribution in [3.05, 3.63) is 59.8 Å². The number of nitrogens with one attached hydrogen (secondary N) is 1. The van der Waals surface area contributed by atoms with Crippen LogP contribution in [-0.4, -0.2) is 41.4 Å². The van der Waals surface area contributed by atoms with Crippen LogP contribution in [0.3, 0.4) is 0 Å². The number of anilines is 1. The third kappa shape index (κ3) is 2.60. The van der Waals surface area contributed by atoms with Crippen molar-refractivity contribution in [3.63, 3.8) is 0 Å². The third-order valence-electron chi connectivity index (χ3n) is 5.79. The summed E-state index contributed by atoms with van der Waals surface area (Å²) in [6.07, 6.45) is 1.07. The van der Waals surface area contributed by atoms with Gasteiger partial charge in [-0.05, 0) is 42.3 Å². The van der Waals surface area contributed by atoms with Gasteiger partial charge in [0.2, 0.25) is 5.91 Å². The molecule has 1 N–H and O–H groups in total. The first-order valence-corrected chi connectivity index (χ1v) is 9.49. The Balaban J connectivity index is 1.42. The molecule has 2 aromatic carbocycles. The van der Waals surface area contributed by atoms with E-state index in [4.69, 9.17) is 4.74 Å². The van der Waals surface area contributed by atoms with E-state index in [9.17, 15) is 9.59 Å². The first kappa shape index (κ1) is 17.0. The van der Waals surface area contributed by atoms with Crippen LogP contribution in [0, 0.1) is 0 Å². The molecule has 5 rings (SSSR count). The van der Waals surface area contributed by atoms with Crippen LogP contribution in [0.15, 0.2) is 48.5 Å². The third-order valence-corrected chi connectivity index (χ3v) is 5.79. The van der Waals surface area contributed by atoms with E-state index in [0.717, 1.165) is 29.9 Å². The number of nitrogens with zero attached hydrogens (tertiary/aromatic N) is 2. The Hall–Kier alpha value is -3.12. The fraction of sp³-hybridized carbons (Fsp3) is 0.273. The second-order valence-electron chi connectivity index (χ2n) is 7.34. The summed E-state index contributed by atoms with van der Waals surface area (Å²) in [5.74, 6) is 0.581. The number of aromatic amines is 1. The maximum atomic E-state index is 13.0. The van der Waals surface area contributed by atoms with Gasteiger partial charge < -0.3 is 9.72 Å². The van der Waals surface area contributed by atoms with Crippen molar-refractivity contribution in [1.29, 1.82) is 0 Å². The molecule has 6 nitrogen and oxygen atoms in total. The van der Waals surface area contributed by atoms with Gasteiger partial charge in [0.15, 0.2) is 0 Å². The number of ether oxygens (including phenoxy) is 1. The smallest absolute Gasteiger partial charge is 0.251 e. The Bertz CT molecular complexity index is 1070. The van der Waals surface area contributed by atoms with Crippen molar-refractivity contribution in [1.82, 2.24) is 9.88 Å². The number of amides is 2. The zero-order valence-electron chi connectivity index (χ0n) is 15.6. The van der Waals surface area contributed by atoms with Crippen molar-refractivity contribution in [2.75, 3.05) is 18.6 Å². The number of aromatic nitrogens is 1. The molecule has 0 bridgehead atoms. The average molecular weight is 375 g/mol. The number of H-pyrrole nitrogens is 1. The molecule has 1 atom stereocenters. The Kier molecular flexibility index (Phi) is 3.94. The molecule has 1 unspecified atom stereocenters. The summed E-state index contributed by atoms with van der Waals surface area (Å²) in [7, 11) is 1.67. The molecule has 1 aromatic heterocycles. The van der Waals surface area contributed by atoms with Gasteiger partial charge in [0.1, 0.15) is 5.75 Å². The lowest BCUT2D eigenvalue weighted by molar-refractivity contribution is -0.123. The van der Waals surface area contributed by atoms with Crippen molar-refractivity contribution >= 4 is 28.4 Å².